The van der Waals surface area contributed by atoms with Crippen molar-refractivity contribution in [1.82, 2.24) is 0 Å². The summed E-state index contributed by atoms with van der Waals surface area (Å²) in [7, 11) is -1.66. The second-order valence-corrected chi connectivity index (χ2v) is 9.05. The minimum atomic E-state index is -1.66. The zero-order chi connectivity index (χ0) is 12.3. The lowest BCUT2D eigenvalue weighted by atomic mass is 10.1. The Morgan fingerprint density at radius 3 is 2.53 bits per heavy atom. The Morgan fingerprint density at radius 2 is 1.88 bits per heavy atom. The second-order valence-electron chi connectivity index (χ2n) is 5.26. The third-order valence-electron chi connectivity index (χ3n) is 3.37. The molecule has 0 bridgehead atoms. The SMILES string of the molecule is CCCC[C@H]1C=C(c2ccccc2)[Si](C)(C)O1. The van der Waals surface area contributed by atoms with E-state index in [2.05, 4.69) is 56.4 Å². The molecule has 0 aromatic heterocycles. The highest BCUT2D eigenvalue weighted by Gasteiger charge is 2.37. The molecule has 0 amide bonds. The molecule has 0 spiro atoms. The van der Waals surface area contributed by atoms with Crippen LogP contribution in [0.5, 0.6) is 0 Å². The van der Waals surface area contributed by atoms with Gasteiger partial charge in [0.1, 0.15) is 0 Å². The van der Waals surface area contributed by atoms with Crippen molar-refractivity contribution in [1.29, 1.82) is 0 Å². The lowest BCUT2D eigenvalue weighted by Crippen LogP contribution is -2.30. The highest BCUT2D eigenvalue weighted by molar-refractivity contribution is 6.90. The molecule has 0 radical (unpaired) electrons. The maximum absolute atomic E-state index is 6.26. The molecule has 1 aliphatic heterocycles. The Hall–Kier alpha value is -0.863. The summed E-state index contributed by atoms with van der Waals surface area (Å²) in [4.78, 5) is 0. The minimum Gasteiger partial charge on any atom is -0.407 e. The molecular formula is C15H22OSi. The molecule has 2 rings (SSSR count). The van der Waals surface area contributed by atoms with E-state index in [0.717, 1.165) is 0 Å². The van der Waals surface area contributed by atoms with Gasteiger partial charge in [-0.15, -0.1) is 0 Å². The number of unbranched alkanes of at least 4 members (excludes halogenated alkanes) is 1. The third kappa shape index (κ3) is 2.88. The first kappa shape index (κ1) is 12.6. The molecule has 0 aliphatic carbocycles. The summed E-state index contributed by atoms with van der Waals surface area (Å²) in [5, 5.41) is 1.47. The van der Waals surface area contributed by atoms with Gasteiger partial charge >= 0.3 is 0 Å². The maximum Gasteiger partial charge on any atom is 0.219 e. The van der Waals surface area contributed by atoms with Gasteiger partial charge in [-0.3, -0.25) is 0 Å². The first-order valence-corrected chi connectivity index (χ1v) is 9.50. The topological polar surface area (TPSA) is 9.23 Å². The first-order chi connectivity index (χ1) is 8.13. The van der Waals surface area contributed by atoms with Crippen LogP contribution in [-0.2, 0) is 4.43 Å². The summed E-state index contributed by atoms with van der Waals surface area (Å²) in [5.41, 5.74) is 1.35. The predicted molar refractivity (Wildman–Crippen MR) is 76.3 cm³/mol. The van der Waals surface area contributed by atoms with Crippen LogP contribution in [0.1, 0.15) is 31.7 Å². The summed E-state index contributed by atoms with van der Waals surface area (Å²) in [6, 6.07) is 10.7. The summed E-state index contributed by atoms with van der Waals surface area (Å²) >= 11 is 0. The van der Waals surface area contributed by atoms with Crippen molar-refractivity contribution in [2.24, 2.45) is 0 Å². The van der Waals surface area contributed by atoms with Crippen LogP contribution >= 0.6 is 0 Å². The van der Waals surface area contributed by atoms with Crippen molar-refractivity contribution in [2.45, 2.75) is 45.4 Å². The van der Waals surface area contributed by atoms with Crippen LogP contribution in [0.4, 0.5) is 0 Å². The molecule has 0 saturated carbocycles. The molecule has 0 unspecified atom stereocenters. The quantitative estimate of drug-likeness (QED) is 0.715. The number of benzene rings is 1. The second kappa shape index (κ2) is 5.19. The molecular weight excluding hydrogens is 224 g/mol. The van der Waals surface area contributed by atoms with Gasteiger partial charge in [0.05, 0.1) is 6.10 Å². The van der Waals surface area contributed by atoms with Crippen molar-refractivity contribution < 1.29 is 4.43 Å². The van der Waals surface area contributed by atoms with Crippen molar-refractivity contribution in [3.63, 3.8) is 0 Å². The summed E-state index contributed by atoms with van der Waals surface area (Å²) in [5.74, 6) is 0. The van der Waals surface area contributed by atoms with E-state index in [1.807, 2.05) is 0 Å². The van der Waals surface area contributed by atoms with Crippen LogP contribution in [0.2, 0.25) is 13.1 Å². The summed E-state index contributed by atoms with van der Waals surface area (Å²) in [6.07, 6.45) is 6.40. The van der Waals surface area contributed by atoms with Gasteiger partial charge in [0.25, 0.3) is 0 Å². The Labute approximate surface area is 106 Å². The van der Waals surface area contributed by atoms with Gasteiger partial charge in [-0.25, -0.2) is 0 Å². The normalized spacial score (nSPS) is 22.5. The summed E-state index contributed by atoms with van der Waals surface area (Å²) in [6.45, 7) is 6.84. The van der Waals surface area contributed by atoms with Crippen LogP contribution in [0.3, 0.4) is 0 Å². The zero-order valence-electron chi connectivity index (χ0n) is 11.1. The van der Waals surface area contributed by atoms with E-state index in [9.17, 15) is 0 Å². The fraction of sp³-hybridized carbons (Fsp3) is 0.467. The van der Waals surface area contributed by atoms with Gasteiger partial charge < -0.3 is 4.43 Å². The highest BCUT2D eigenvalue weighted by Crippen LogP contribution is 2.35. The molecule has 1 aromatic rings. The smallest absolute Gasteiger partial charge is 0.219 e. The maximum atomic E-state index is 6.26. The first-order valence-electron chi connectivity index (χ1n) is 6.59. The molecule has 1 heterocycles. The number of hydrogen-bond acceptors (Lipinski definition) is 1. The van der Waals surface area contributed by atoms with Crippen molar-refractivity contribution in [3.8, 4) is 0 Å². The van der Waals surface area contributed by atoms with E-state index in [0.29, 0.717) is 6.10 Å². The van der Waals surface area contributed by atoms with Crippen LogP contribution in [0.15, 0.2) is 36.4 Å². The Balaban J connectivity index is 2.19. The van der Waals surface area contributed by atoms with E-state index in [1.165, 1.54) is 30.0 Å². The molecule has 0 N–H and O–H groups in total. The van der Waals surface area contributed by atoms with Gasteiger partial charge in [-0.2, -0.15) is 0 Å². The van der Waals surface area contributed by atoms with E-state index < -0.39 is 8.32 Å². The van der Waals surface area contributed by atoms with E-state index >= 15 is 0 Å². The molecule has 2 heteroatoms. The number of hydrogen-bond donors (Lipinski definition) is 0. The van der Waals surface area contributed by atoms with Gasteiger partial charge in [-0.05, 0) is 30.3 Å². The third-order valence-corrected chi connectivity index (χ3v) is 6.02. The lowest BCUT2D eigenvalue weighted by Gasteiger charge is -2.21. The zero-order valence-corrected chi connectivity index (χ0v) is 12.1. The highest BCUT2D eigenvalue weighted by atomic mass is 28.4. The van der Waals surface area contributed by atoms with Crippen molar-refractivity contribution in [2.75, 3.05) is 0 Å². The van der Waals surface area contributed by atoms with Crippen molar-refractivity contribution >= 4 is 13.5 Å². The van der Waals surface area contributed by atoms with Crippen LogP contribution in [0, 0.1) is 0 Å². The monoisotopic (exact) mass is 246 g/mol. The largest absolute Gasteiger partial charge is 0.407 e. The van der Waals surface area contributed by atoms with Crippen LogP contribution in [-0.4, -0.2) is 14.4 Å². The average Bonchev–Trinajstić information content (AvgIpc) is 2.63. The molecule has 1 aromatic carbocycles. The Kier molecular flexibility index (Phi) is 3.85. The van der Waals surface area contributed by atoms with Crippen LogP contribution < -0.4 is 0 Å². The fourth-order valence-corrected chi connectivity index (χ4v) is 4.99. The lowest BCUT2D eigenvalue weighted by molar-refractivity contribution is 0.242. The van der Waals surface area contributed by atoms with Gasteiger partial charge in [-0.1, -0.05) is 56.2 Å². The van der Waals surface area contributed by atoms with E-state index in [1.54, 1.807) is 0 Å². The molecule has 0 saturated heterocycles. The van der Waals surface area contributed by atoms with Gasteiger partial charge in [0.15, 0.2) is 0 Å². The van der Waals surface area contributed by atoms with Crippen LogP contribution in [0.25, 0.3) is 5.20 Å². The molecule has 17 heavy (non-hydrogen) atoms. The number of rotatable bonds is 4. The molecule has 1 aliphatic rings. The Bertz CT molecular complexity index is 395. The molecule has 1 nitrogen and oxygen atoms in total. The van der Waals surface area contributed by atoms with Gasteiger partial charge in [0, 0.05) is 0 Å². The van der Waals surface area contributed by atoms with Gasteiger partial charge in [0.2, 0.25) is 8.32 Å². The summed E-state index contributed by atoms with van der Waals surface area (Å²) < 4.78 is 6.26. The standard InChI is InChI=1S/C15H22OSi/c1-4-5-11-14-12-15(17(2,3)16-14)13-9-7-6-8-10-13/h6-10,12,14H,4-5,11H2,1-3H3/t14-/m0/s1. The average molecular weight is 246 g/mol. The Morgan fingerprint density at radius 1 is 1.18 bits per heavy atom. The molecule has 92 valence electrons. The van der Waals surface area contributed by atoms with E-state index in [-0.39, 0.29) is 0 Å². The minimum absolute atomic E-state index is 0.354. The molecule has 1 atom stereocenters. The molecule has 0 fully saturated rings. The van der Waals surface area contributed by atoms with E-state index in [4.69, 9.17) is 4.43 Å². The predicted octanol–water partition coefficient (Wildman–Crippen LogP) is 4.40. The fourth-order valence-electron chi connectivity index (χ4n) is 2.47. The van der Waals surface area contributed by atoms with Crippen molar-refractivity contribution in [3.05, 3.63) is 42.0 Å².